The maximum Gasteiger partial charge on any atom is 0.0295 e. The fourth-order valence-corrected chi connectivity index (χ4v) is 2.89. The average Bonchev–Trinajstić information content (AvgIpc) is 3.04. The Morgan fingerprint density at radius 3 is 2.41 bits per heavy atom. The Labute approximate surface area is 110 Å². The standard InChI is InChI=1S/C16H23Cl/c1-11-5-8-13(16(2,3)4)9-14(11)15(10-17)12-6-7-12/h5,8-9,12,15H,6-7,10H2,1-4H3. The lowest BCUT2D eigenvalue weighted by atomic mass is 9.82. The molecule has 0 bridgehead atoms. The van der Waals surface area contributed by atoms with Gasteiger partial charge >= 0.3 is 0 Å². The first-order valence-electron chi connectivity index (χ1n) is 6.60. The van der Waals surface area contributed by atoms with Gasteiger partial charge in [0.15, 0.2) is 0 Å². The van der Waals surface area contributed by atoms with Gasteiger partial charge in [-0.2, -0.15) is 0 Å². The van der Waals surface area contributed by atoms with Crippen LogP contribution in [0.25, 0.3) is 0 Å². The maximum absolute atomic E-state index is 6.18. The topological polar surface area (TPSA) is 0 Å². The Balaban J connectivity index is 2.37. The van der Waals surface area contributed by atoms with E-state index in [2.05, 4.69) is 45.9 Å². The van der Waals surface area contributed by atoms with Crippen LogP contribution in [0.1, 0.15) is 56.2 Å². The van der Waals surface area contributed by atoms with E-state index in [0.29, 0.717) is 5.92 Å². The van der Waals surface area contributed by atoms with Crippen LogP contribution >= 0.6 is 11.6 Å². The van der Waals surface area contributed by atoms with Gasteiger partial charge in [0.1, 0.15) is 0 Å². The van der Waals surface area contributed by atoms with Gasteiger partial charge in [-0.25, -0.2) is 0 Å². The van der Waals surface area contributed by atoms with E-state index >= 15 is 0 Å². The lowest BCUT2D eigenvalue weighted by Crippen LogP contribution is -2.13. The zero-order valence-electron chi connectivity index (χ0n) is 11.4. The van der Waals surface area contributed by atoms with Crippen molar-refractivity contribution in [2.45, 2.75) is 51.9 Å². The van der Waals surface area contributed by atoms with Crippen molar-refractivity contribution in [1.82, 2.24) is 0 Å². The second kappa shape index (κ2) is 4.65. The number of aryl methyl sites for hydroxylation is 1. The van der Waals surface area contributed by atoms with Gasteiger partial charge in [0, 0.05) is 11.8 Å². The number of hydrogen-bond acceptors (Lipinski definition) is 0. The molecule has 0 radical (unpaired) electrons. The predicted molar refractivity (Wildman–Crippen MR) is 76.1 cm³/mol. The molecule has 0 amide bonds. The van der Waals surface area contributed by atoms with Crippen LogP contribution in [0.2, 0.25) is 0 Å². The molecule has 0 heterocycles. The summed E-state index contributed by atoms with van der Waals surface area (Å²) in [7, 11) is 0. The summed E-state index contributed by atoms with van der Waals surface area (Å²) in [6.45, 7) is 9.03. The third-order valence-electron chi connectivity index (χ3n) is 3.90. The monoisotopic (exact) mass is 250 g/mol. The summed E-state index contributed by atoms with van der Waals surface area (Å²) >= 11 is 6.18. The summed E-state index contributed by atoms with van der Waals surface area (Å²) in [5.74, 6) is 2.17. The van der Waals surface area contributed by atoms with Gasteiger partial charge in [0.2, 0.25) is 0 Å². The van der Waals surface area contributed by atoms with Crippen molar-refractivity contribution in [1.29, 1.82) is 0 Å². The van der Waals surface area contributed by atoms with Crippen LogP contribution in [0.5, 0.6) is 0 Å². The highest BCUT2D eigenvalue weighted by molar-refractivity contribution is 6.18. The van der Waals surface area contributed by atoms with Gasteiger partial charge < -0.3 is 0 Å². The molecule has 0 saturated heterocycles. The molecule has 2 rings (SSSR count). The van der Waals surface area contributed by atoms with E-state index in [-0.39, 0.29) is 5.41 Å². The van der Waals surface area contributed by atoms with Crippen molar-refractivity contribution in [2.75, 3.05) is 5.88 Å². The highest BCUT2D eigenvalue weighted by atomic mass is 35.5. The molecule has 1 aromatic carbocycles. The molecule has 1 atom stereocenters. The smallest absolute Gasteiger partial charge is 0.0295 e. The first-order chi connectivity index (χ1) is 7.93. The molecular formula is C16H23Cl. The van der Waals surface area contributed by atoms with Crippen LogP contribution in [0.3, 0.4) is 0 Å². The summed E-state index contributed by atoms with van der Waals surface area (Å²) in [6.07, 6.45) is 2.72. The molecule has 0 spiro atoms. The van der Waals surface area contributed by atoms with Crippen molar-refractivity contribution in [2.24, 2.45) is 5.92 Å². The number of benzene rings is 1. The molecular weight excluding hydrogens is 228 g/mol. The molecule has 1 heteroatoms. The molecule has 0 aliphatic heterocycles. The molecule has 1 aliphatic rings. The number of hydrogen-bond donors (Lipinski definition) is 0. The molecule has 0 nitrogen and oxygen atoms in total. The Hall–Kier alpha value is -0.490. The lowest BCUT2D eigenvalue weighted by molar-refractivity contribution is 0.585. The molecule has 1 saturated carbocycles. The third-order valence-corrected chi connectivity index (χ3v) is 4.23. The normalized spacial score (nSPS) is 18.2. The molecule has 1 fully saturated rings. The Morgan fingerprint density at radius 1 is 1.29 bits per heavy atom. The quantitative estimate of drug-likeness (QED) is 0.661. The number of rotatable bonds is 3. The van der Waals surface area contributed by atoms with Gasteiger partial charge in [-0.15, -0.1) is 11.6 Å². The van der Waals surface area contributed by atoms with Crippen molar-refractivity contribution in [3.8, 4) is 0 Å². The summed E-state index contributed by atoms with van der Waals surface area (Å²) < 4.78 is 0. The van der Waals surface area contributed by atoms with Crippen LogP contribution in [0.4, 0.5) is 0 Å². The van der Waals surface area contributed by atoms with Gasteiger partial charge in [-0.05, 0) is 47.8 Å². The van der Waals surface area contributed by atoms with Crippen LogP contribution in [0.15, 0.2) is 18.2 Å². The highest BCUT2D eigenvalue weighted by Gasteiger charge is 2.32. The summed E-state index contributed by atoms with van der Waals surface area (Å²) in [5, 5.41) is 0. The molecule has 1 aliphatic carbocycles. The van der Waals surface area contributed by atoms with E-state index in [1.165, 1.54) is 29.5 Å². The van der Waals surface area contributed by atoms with Gasteiger partial charge in [-0.3, -0.25) is 0 Å². The van der Waals surface area contributed by atoms with E-state index < -0.39 is 0 Å². The van der Waals surface area contributed by atoms with Gasteiger partial charge in [-0.1, -0.05) is 39.0 Å². The number of alkyl halides is 1. The van der Waals surface area contributed by atoms with Gasteiger partial charge in [0.25, 0.3) is 0 Å². The predicted octanol–water partition coefficient (Wildman–Crippen LogP) is 5.02. The van der Waals surface area contributed by atoms with Crippen molar-refractivity contribution in [3.05, 3.63) is 34.9 Å². The van der Waals surface area contributed by atoms with E-state index in [9.17, 15) is 0 Å². The molecule has 1 unspecified atom stereocenters. The average molecular weight is 251 g/mol. The highest BCUT2D eigenvalue weighted by Crippen LogP contribution is 2.44. The first-order valence-corrected chi connectivity index (χ1v) is 7.14. The van der Waals surface area contributed by atoms with Gasteiger partial charge in [0.05, 0.1) is 0 Å². The molecule has 17 heavy (non-hydrogen) atoms. The van der Waals surface area contributed by atoms with Crippen molar-refractivity contribution >= 4 is 11.6 Å². The Bertz CT molecular complexity index is 396. The van der Waals surface area contributed by atoms with Crippen LogP contribution in [-0.4, -0.2) is 5.88 Å². The largest absolute Gasteiger partial charge is 0.126 e. The fourth-order valence-electron chi connectivity index (χ4n) is 2.47. The van der Waals surface area contributed by atoms with E-state index in [0.717, 1.165) is 11.8 Å². The maximum atomic E-state index is 6.18. The van der Waals surface area contributed by atoms with Crippen LogP contribution < -0.4 is 0 Å². The van der Waals surface area contributed by atoms with Crippen LogP contribution in [0, 0.1) is 12.8 Å². The molecule has 1 aromatic rings. The zero-order valence-corrected chi connectivity index (χ0v) is 12.1. The third kappa shape index (κ3) is 2.85. The minimum absolute atomic E-state index is 0.225. The van der Waals surface area contributed by atoms with Crippen LogP contribution in [-0.2, 0) is 5.41 Å². The Kier molecular flexibility index (Phi) is 3.54. The minimum atomic E-state index is 0.225. The summed E-state index contributed by atoms with van der Waals surface area (Å²) in [5.41, 5.74) is 4.53. The molecule has 0 N–H and O–H groups in total. The molecule has 0 aromatic heterocycles. The van der Waals surface area contributed by atoms with E-state index in [4.69, 9.17) is 11.6 Å². The zero-order chi connectivity index (χ0) is 12.6. The number of halogens is 1. The minimum Gasteiger partial charge on any atom is -0.126 e. The second-order valence-electron chi connectivity index (χ2n) is 6.42. The summed E-state index contributed by atoms with van der Waals surface area (Å²) in [4.78, 5) is 0. The summed E-state index contributed by atoms with van der Waals surface area (Å²) in [6, 6.07) is 6.91. The lowest BCUT2D eigenvalue weighted by Gasteiger charge is -2.23. The van der Waals surface area contributed by atoms with E-state index in [1.807, 2.05) is 0 Å². The SMILES string of the molecule is Cc1ccc(C(C)(C)C)cc1C(CCl)C1CC1. The van der Waals surface area contributed by atoms with E-state index in [1.54, 1.807) is 0 Å². The van der Waals surface area contributed by atoms with Crippen molar-refractivity contribution < 1.29 is 0 Å². The second-order valence-corrected chi connectivity index (χ2v) is 6.73. The first kappa shape index (κ1) is 13.0. The Morgan fingerprint density at radius 2 is 1.94 bits per heavy atom. The fraction of sp³-hybridized carbons (Fsp3) is 0.625. The van der Waals surface area contributed by atoms with Crippen molar-refractivity contribution in [3.63, 3.8) is 0 Å². The molecule has 94 valence electrons.